The van der Waals surface area contributed by atoms with E-state index in [1.807, 2.05) is 11.3 Å². The maximum Gasteiger partial charge on any atom is 0.0410 e. The lowest BCUT2D eigenvalue weighted by Gasteiger charge is -2.23. The average Bonchev–Trinajstić information content (AvgIpc) is 2.96. The molecule has 0 fully saturated rings. The summed E-state index contributed by atoms with van der Waals surface area (Å²) in [7, 11) is 2.17. The molecule has 0 atom stereocenters. The van der Waals surface area contributed by atoms with Gasteiger partial charge in [0, 0.05) is 35.2 Å². The minimum absolute atomic E-state index is 0.911. The summed E-state index contributed by atoms with van der Waals surface area (Å²) in [5.74, 6) is 0. The molecule has 1 aromatic carbocycles. The molecule has 0 bridgehead atoms. The molecular formula is C16H21BrN2S. The van der Waals surface area contributed by atoms with Crippen LogP contribution in [0.15, 0.2) is 40.2 Å². The summed E-state index contributed by atoms with van der Waals surface area (Å²) in [5.41, 5.74) is 2.65. The van der Waals surface area contributed by atoms with Gasteiger partial charge in [-0.3, -0.25) is 0 Å². The summed E-state index contributed by atoms with van der Waals surface area (Å²) in [4.78, 5) is 3.79. The predicted molar refractivity (Wildman–Crippen MR) is 92.8 cm³/mol. The smallest absolute Gasteiger partial charge is 0.0410 e. The van der Waals surface area contributed by atoms with Crippen LogP contribution in [0.5, 0.6) is 0 Å². The molecule has 2 rings (SSSR count). The molecule has 0 saturated heterocycles. The Morgan fingerprint density at radius 2 is 2.15 bits per heavy atom. The van der Waals surface area contributed by atoms with Crippen molar-refractivity contribution in [2.75, 3.05) is 25.0 Å². The van der Waals surface area contributed by atoms with Crippen LogP contribution in [0, 0.1) is 0 Å². The Labute approximate surface area is 133 Å². The number of halogens is 1. The van der Waals surface area contributed by atoms with E-state index in [1.165, 1.54) is 16.1 Å². The third-order valence-electron chi connectivity index (χ3n) is 3.29. The molecule has 1 N–H and O–H groups in total. The van der Waals surface area contributed by atoms with Crippen molar-refractivity contribution < 1.29 is 0 Å². The highest BCUT2D eigenvalue weighted by molar-refractivity contribution is 9.10. The number of likely N-dealkylation sites (N-methyl/N-ethyl adjacent to an activating group) is 1. The number of nitrogens with zero attached hydrogens (tertiary/aromatic N) is 1. The molecule has 4 heteroatoms. The zero-order valence-electron chi connectivity index (χ0n) is 12.0. The van der Waals surface area contributed by atoms with E-state index in [0.717, 1.165) is 30.5 Å². The molecule has 20 heavy (non-hydrogen) atoms. The van der Waals surface area contributed by atoms with Gasteiger partial charge in [0.15, 0.2) is 0 Å². The van der Waals surface area contributed by atoms with Crippen LogP contribution in [0.2, 0.25) is 0 Å². The summed E-state index contributed by atoms with van der Waals surface area (Å²) >= 11 is 5.40. The Kier molecular flexibility index (Phi) is 6.07. The first-order valence-corrected chi connectivity index (χ1v) is 8.60. The molecule has 1 heterocycles. The van der Waals surface area contributed by atoms with E-state index in [2.05, 4.69) is 75.8 Å². The molecule has 0 amide bonds. The standard InChI is InChI=1S/C16H21BrN2S/c1-3-18-12-13-11-14(17)6-7-16(13)19(2)9-8-15-5-4-10-20-15/h4-7,10-11,18H,3,8-9,12H2,1-2H3. The highest BCUT2D eigenvalue weighted by Crippen LogP contribution is 2.24. The molecule has 0 radical (unpaired) electrons. The number of rotatable bonds is 7. The van der Waals surface area contributed by atoms with E-state index in [9.17, 15) is 0 Å². The van der Waals surface area contributed by atoms with Gasteiger partial charge < -0.3 is 10.2 Å². The molecule has 0 saturated carbocycles. The normalized spacial score (nSPS) is 10.8. The van der Waals surface area contributed by atoms with Crippen molar-refractivity contribution in [2.24, 2.45) is 0 Å². The van der Waals surface area contributed by atoms with Crippen molar-refractivity contribution in [2.45, 2.75) is 19.9 Å². The zero-order valence-corrected chi connectivity index (χ0v) is 14.4. The average molecular weight is 353 g/mol. The summed E-state index contributed by atoms with van der Waals surface area (Å²) in [6, 6.07) is 10.9. The number of nitrogens with one attached hydrogen (secondary N) is 1. The Bertz CT molecular complexity index is 525. The van der Waals surface area contributed by atoms with Gasteiger partial charge in [0.25, 0.3) is 0 Å². The number of anilines is 1. The first-order chi connectivity index (χ1) is 9.70. The fourth-order valence-corrected chi connectivity index (χ4v) is 3.29. The van der Waals surface area contributed by atoms with Crippen LogP contribution in [-0.4, -0.2) is 20.1 Å². The molecule has 2 nitrogen and oxygen atoms in total. The van der Waals surface area contributed by atoms with Crippen molar-refractivity contribution in [3.05, 3.63) is 50.6 Å². The molecule has 0 spiro atoms. The second-order valence-corrected chi connectivity index (χ2v) is 6.75. The van der Waals surface area contributed by atoms with E-state index < -0.39 is 0 Å². The molecular weight excluding hydrogens is 332 g/mol. The molecule has 1 aromatic heterocycles. The van der Waals surface area contributed by atoms with E-state index in [-0.39, 0.29) is 0 Å². The quantitative estimate of drug-likeness (QED) is 0.798. The highest BCUT2D eigenvalue weighted by Gasteiger charge is 2.08. The zero-order chi connectivity index (χ0) is 14.4. The topological polar surface area (TPSA) is 15.3 Å². The molecule has 0 aliphatic heterocycles. The predicted octanol–water partition coefficient (Wildman–Crippen LogP) is 4.30. The minimum atomic E-state index is 0.911. The fourth-order valence-electron chi connectivity index (χ4n) is 2.18. The summed E-state index contributed by atoms with van der Waals surface area (Å²) in [6.45, 7) is 5.08. The SMILES string of the molecule is CCNCc1cc(Br)ccc1N(C)CCc1cccs1. The third-order valence-corrected chi connectivity index (χ3v) is 4.72. The third kappa shape index (κ3) is 4.33. The first kappa shape index (κ1) is 15.5. The van der Waals surface area contributed by atoms with Crippen molar-refractivity contribution >= 4 is 33.0 Å². The number of thiophene rings is 1. The van der Waals surface area contributed by atoms with Gasteiger partial charge in [-0.25, -0.2) is 0 Å². The van der Waals surface area contributed by atoms with Gasteiger partial charge in [-0.15, -0.1) is 11.3 Å². The first-order valence-electron chi connectivity index (χ1n) is 6.93. The largest absolute Gasteiger partial charge is 0.374 e. The van der Waals surface area contributed by atoms with Crippen molar-refractivity contribution in [1.82, 2.24) is 5.32 Å². The number of hydrogen-bond acceptors (Lipinski definition) is 3. The molecule has 0 unspecified atom stereocenters. The maximum absolute atomic E-state index is 3.56. The van der Waals surface area contributed by atoms with Gasteiger partial charge in [-0.1, -0.05) is 28.9 Å². The van der Waals surface area contributed by atoms with Crippen molar-refractivity contribution in [3.8, 4) is 0 Å². The van der Waals surface area contributed by atoms with E-state index in [1.54, 1.807) is 0 Å². The van der Waals surface area contributed by atoms with Crippen LogP contribution in [-0.2, 0) is 13.0 Å². The van der Waals surface area contributed by atoms with Crippen LogP contribution >= 0.6 is 27.3 Å². The number of benzene rings is 1. The minimum Gasteiger partial charge on any atom is -0.374 e. The van der Waals surface area contributed by atoms with Gasteiger partial charge in [0.1, 0.15) is 0 Å². The lowest BCUT2D eigenvalue weighted by molar-refractivity contribution is 0.722. The van der Waals surface area contributed by atoms with Crippen LogP contribution in [0.25, 0.3) is 0 Å². The van der Waals surface area contributed by atoms with E-state index >= 15 is 0 Å². The van der Waals surface area contributed by atoms with Gasteiger partial charge in [-0.05, 0) is 48.2 Å². The molecule has 0 aliphatic rings. The van der Waals surface area contributed by atoms with Gasteiger partial charge in [0.2, 0.25) is 0 Å². The number of hydrogen-bond donors (Lipinski definition) is 1. The van der Waals surface area contributed by atoms with E-state index in [4.69, 9.17) is 0 Å². The second kappa shape index (κ2) is 7.81. The molecule has 108 valence electrons. The fraction of sp³-hybridized carbons (Fsp3) is 0.375. The Morgan fingerprint density at radius 1 is 1.30 bits per heavy atom. The van der Waals surface area contributed by atoms with E-state index in [0.29, 0.717) is 0 Å². The summed E-state index contributed by atoms with van der Waals surface area (Å²) < 4.78 is 1.14. The summed E-state index contributed by atoms with van der Waals surface area (Å²) in [6.07, 6.45) is 1.10. The Balaban J connectivity index is 2.05. The van der Waals surface area contributed by atoms with Crippen molar-refractivity contribution in [3.63, 3.8) is 0 Å². The Hall–Kier alpha value is -0.840. The summed E-state index contributed by atoms with van der Waals surface area (Å²) in [5, 5.41) is 5.56. The molecule has 2 aromatic rings. The van der Waals surface area contributed by atoms with Crippen LogP contribution in [0.3, 0.4) is 0 Å². The van der Waals surface area contributed by atoms with Crippen LogP contribution < -0.4 is 10.2 Å². The monoisotopic (exact) mass is 352 g/mol. The lowest BCUT2D eigenvalue weighted by atomic mass is 10.1. The lowest BCUT2D eigenvalue weighted by Crippen LogP contribution is -2.23. The second-order valence-electron chi connectivity index (χ2n) is 4.80. The Morgan fingerprint density at radius 3 is 2.85 bits per heavy atom. The van der Waals surface area contributed by atoms with Crippen molar-refractivity contribution in [1.29, 1.82) is 0 Å². The molecule has 0 aliphatic carbocycles. The van der Waals surface area contributed by atoms with Gasteiger partial charge in [0.05, 0.1) is 0 Å². The van der Waals surface area contributed by atoms with Crippen LogP contribution in [0.4, 0.5) is 5.69 Å². The van der Waals surface area contributed by atoms with Gasteiger partial charge in [-0.2, -0.15) is 0 Å². The maximum atomic E-state index is 3.56. The van der Waals surface area contributed by atoms with Gasteiger partial charge >= 0.3 is 0 Å². The van der Waals surface area contributed by atoms with Crippen LogP contribution in [0.1, 0.15) is 17.4 Å². The highest BCUT2D eigenvalue weighted by atomic mass is 79.9.